The van der Waals surface area contributed by atoms with Gasteiger partial charge in [-0.05, 0) is 49.2 Å². The van der Waals surface area contributed by atoms with Gasteiger partial charge in [-0.1, -0.05) is 18.2 Å². The van der Waals surface area contributed by atoms with Gasteiger partial charge >= 0.3 is 0 Å². The lowest BCUT2D eigenvalue weighted by atomic mass is 10.00. The number of hydrogen-bond acceptors (Lipinski definition) is 2. The highest BCUT2D eigenvalue weighted by atomic mass is 19.1. The molecule has 1 unspecified atom stereocenters. The number of rotatable bonds is 5. The van der Waals surface area contributed by atoms with E-state index in [9.17, 15) is 4.39 Å². The average molecular weight is 244 g/mol. The van der Waals surface area contributed by atoms with Crippen molar-refractivity contribution in [1.29, 1.82) is 0 Å². The second-order valence-electron chi connectivity index (χ2n) is 4.38. The number of halogens is 1. The van der Waals surface area contributed by atoms with Gasteiger partial charge in [-0.3, -0.25) is 4.98 Å². The van der Waals surface area contributed by atoms with Crippen molar-refractivity contribution in [3.63, 3.8) is 0 Å². The molecule has 2 aromatic rings. The van der Waals surface area contributed by atoms with Crippen LogP contribution in [0.25, 0.3) is 0 Å². The van der Waals surface area contributed by atoms with E-state index in [2.05, 4.69) is 16.4 Å². The Bertz CT molecular complexity index is 468. The van der Waals surface area contributed by atoms with Gasteiger partial charge in [-0.2, -0.15) is 0 Å². The van der Waals surface area contributed by atoms with Gasteiger partial charge in [-0.15, -0.1) is 0 Å². The Morgan fingerprint density at radius 2 is 1.83 bits per heavy atom. The van der Waals surface area contributed by atoms with Gasteiger partial charge < -0.3 is 5.32 Å². The molecule has 94 valence electrons. The zero-order valence-electron chi connectivity index (χ0n) is 10.4. The van der Waals surface area contributed by atoms with Crippen molar-refractivity contribution in [3.8, 4) is 0 Å². The van der Waals surface area contributed by atoms with Gasteiger partial charge in [0.25, 0.3) is 0 Å². The lowest BCUT2D eigenvalue weighted by molar-refractivity contribution is 0.554. The van der Waals surface area contributed by atoms with Crippen LogP contribution in [0.5, 0.6) is 0 Å². The van der Waals surface area contributed by atoms with Crippen LogP contribution < -0.4 is 5.32 Å². The number of nitrogens with one attached hydrogen (secondary N) is 1. The van der Waals surface area contributed by atoms with E-state index in [1.54, 1.807) is 6.20 Å². The van der Waals surface area contributed by atoms with Gasteiger partial charge in [-0.25, -0.2) is 4.39 Å². The normalized spacial score (nSPS) is 12.3. The highest BCUT2D eigenvalue weighted by Gasteiger charge is 2.08. The van der Waals surface area contributed by atoms with E-state index in [-0.39, 0.29) is 5.82 Å². The molecule has 1 aromatic carbocycles. The number of aromatic nitrogens is 1. The molecule has 0 saturated heterocycles. The zero-order valence-corrected chi connectivity index (χ0v) is 10.4. The van der Waals surface area contributed by atoms with E-state index in [0.717, 1.165) is 18.4 Å². The number of benzene rings is 1. The number of nitrogens with zero attached hydrogens (tertiary/aromatic N) is 1. The van der Waals surface area contributed by atoms with Crippen molar-refractivity contribution in [3.05, 3.63) is 65.7 Å². The third-order valence-electron chi connectivity index (χ3n) is 3.01. The standard InChI is InChI=1S/C15H17FN2/c1-17-15(10-13-3-2-8-18-11-13)9-12-4-6-14(16)7-5-12/h2-8,11,15,17H,9-10H2,1H3. The van der Waals surface area contributed by atoms with Gasteiger partial charge in [0.05, 0.1) is 0 Å². The molecule has 1 aromatic heterocycles. The monoisotopic (exact) mass is 244 g/mol. The largest absolute Gasteiger partial charge is 0.316 e. The van der Waals surface area contributed by atoms with Crippen LogP contribution in [0.2, 0.25) is 0 Å². The van der Waals surface area contributed by atoms with Crippen LogP contribution in [0, 0.1) is 5.82 Å². The summed E-state index contributed by atoms with van der Waals surface area (Å²) in [5, 5.41) is 3.29. The highest BCUT2D eigenvalue weighted by Crippen LogP contribution is 2.09. The molecule has 2 rings (SSSR count). The third-order valence-corrected chi connectivity index (χ3v) is 3.01. The van der Waals surface area contributed by atoms with Crippen LogP contribution in [-0.4, -0.2) is 18.1 Å². The molecular weight excluding hydrogens is 227 g/mol. The SMILES string of the molecule is CNC(Cc1ccc(F)cc1)Cc1cccnc1. The predicted octanol–water partition coefficient (Wildman–Crippen LogP) is 2.59. The van der Waals surface area contributed by atoms with Gasteiger partial charge in [0.2, 0.25) is 0 Å². The molecule has 0 aliphatic carbocycles. The first kappa shape index (κ1) is 12.7. The summed E-state index contributed by atoms with van der Waals surface area (Å²) in [7, 11) is 1.95. The summed E-state index contributed by atoms with van der Waals surface area (Å²) >= 11 is 0. The van der Waals surface area contributed by atoms with Crippen molar-refractivity contribution in [2.45, 2.75) is 18.9 Å². The maximum atomic E-state index is 12.8. The van der Waals surface area contributed by atoms with Crippen LogP contribution in [0.15, 0.2) is 48.8 Å². The van der Waals surface area contributed by atoms with E-state index >= 15 is 0 Å². The van der Waals surface area contributed by atoms with Crippen LogP contribution in [0.3, 0.4) is 0 Å². The fourth-order valence-corrected chi connectivity index (χ4v) is 1.98. The van der Waals surface area contributed by atoms with Crippen LogP contribution in [0.1, 0.15) is 11.1 Å². The average Bonchev–Trinajstić information content (AvgIpc) is 2.41. The first-order valence-electron chi connectivity index (χ1n) is 6.08. The number of likely N-dealkylation sites (N-methyl/N-ethyl adjacent to an activating group) is 1. The van der Waals surface area contributed by atoms with Gasteiger partial charge in [0, 0.05) is 18.4 Å². The molecule has 0 amide bonds. The number of hydrogen-bond donors (Lipinski definition) is 1. The second kappa shape index (κ2) is 6.26. The van der Waals surface area contributed by atoms with Gasteiger partial charge in [0.15, 0.2) is 0 Å². The first-order valence-corrected chi connectivity index (χ1v) is 6.08. The molecule has 1 atom stereocenters. The molecule has 0 radical (unpaired) electrons. The van der Waals surface area contributed by atoms with Crippen LogP contribution in [-0.2, 0) is 12.8 Å². The van der Waals surface area contributed by atoms with Crippen LogP contribution >= 0.6 is 0 Å². The lowest BCUT2D eigenvalue weighted by Gasteiger charge is -2.16. The van der Waals surface area contributed by atoms with Crippen molar-refractivity contribution >= 4 is 0 Å². The zero-order chi connectivity index (χ0) is 12.8. The summed E-state index contributed by atoms with van der Waals surface area (Å²) < 4.78 is 12.8. The smallest absolute Gasteiger partial charge is 0.123 e. The molecule has 1 N–H and O–H groups in total. The molecule has 0 fully saturated rings. The molecule has 0 saturated carbocycles. The number of pyridine rings is 1. The summed E-state index contributed by atoms with van der Waals surface area (Å²) in [5.41, 5.74) is 2.35. The van der Waals surface area contributed by atoms with E-state index in [1.807, 2.05) is 31.4 Å². The minimum Gasteiger partial charge on any atom is -0.316 e. The summed E-state index contributed by atoms with van der Waals surface area (Å²) in [4.78, 5) is 4.11. The summed E-state index contributed by atoms with van der Waals surface area (Å²) in [5.74, 6) is -0.188. The predicted molar refractivity (Wildman–Crippen MR) is 70.9 cm³/mol. The van der Waals surface area contributed by atoms with Crippen molar-refractivity contribution in [1.82, 2.24) is 10.3 Å². The maximum absolute atomic E-state index is 12.8. The van der Waals surface area contributed by atoms with Crippen LogP contribution in [0.4, 0.5) is 4.39 Å². The van der Waals surface area contributed by atoms with E-state index in [0.29, 0.717) is 6.04 Å². The molecule has 0 bridgehead atoms. The Labute approximate surface area is 107 Å². The molecule has 18 heavy (non-hydrogen) atoms. The highest BCUT2D eigenvalue weighted by molar-refractivity contribution is 5.18. The summed E-state index contributed by atoms with van der Waals surface area (Å²) in [6, 6.07) is 11.0. The molecule has 1 heterocycles. The maximum Gasteiger partial charge on any atom is 0.123 e. The van der Waals surface area contributed by atoms with Crippen molar-refractivity contribution in [2.75, 3.05) is 7.05 Å². The first-order chi connectivity index (χ1) is 8.78. The molecule has 3 heteroatoms. The molecule has 0 aliphatic rings. The lowest BCUT2D eigenvalue weighted by Crippen LogP contribution is -2.29. The minimum absolute atomic E-state index is 0.188. The van der Waals surface area contributed by atoms with Crippen molar-refractivity contribution in [2.24, 2.45) is 0 Å². The van der Waals surface area contributed by atoms with E-state index < -0.39 is 0 Å². The Balaban J connectivity index is 1.99. The summed E-state index contributed by atoms with van der Waals surface area (Å²) in [6.07, 6.45) is 5.46. The van der Waals surface area contributed by atoms with E-state index in [4.69, 9.17) is 0 Å². The topological polar surface area (TPSA) is 24.9 Å². The van der Waals surface area contributed by atoms with E-state index in [1.165, 1.54) is 17.7 Å². The Hall–Kier alpha value is -1.74. The molecule has 2 nitrogen and oxygen atoms in total. The van der Waals surface area contributed by atoms with Gasteiger partial charge in [0.1, 0.15) is 5.82 Å². The Morgan fingerprint density at radius 3 is 2.44 bits per heavy atom. The second-order valence-corrected chi connectivity index (χ2v) is 4.38. The Kier molecular flexibility index (Phi) is 4.42. The molecular formula is C15H17FN2. The van der Waals surface area contributed by atoms with Crippen molar-refractivity contribution < 1.29 is 4.39 Å². The molecule has 0 spiro atoms. The third kappa shape index (κ3) is 3.64. The summed E-state index contributed by atoms with van der Waals surface area (Å²) in [6.45, 7) is 0. The Morgan fingerprint density at radius 1 is 1.11 bits per heavy atom. The molecule has 0 aliphatic heterocycles. The fourth-order valence-electron chi connectivity index (χ4n) is 1.98. The quantitative estimate of drug-likeness (QED) is 0.874. The fraction of sp³-hybridized carbons (Fsp3) is 0.267. The minimum atomic E-state index is -0.188.